The van der Waals surface area contributed by atoms with Crippen LogP contribution in [-0.4, -0.2) is 40.5 Å². The Morgan fingerprint density at radius 1 is 0.927 bits per heavy atom. The number of ether oxygens (including phenoxy) is 1. The highest BCUT2D eigenvalue weighted by molar-refractivity contribution is 6.00. The van der Waals surface area contributed by atoms with Crippen molar-refractivity contribution in [2.45, 2.75) is 91.5 Å². The lowest BCUT2D eigenvalue weighted by Crippen LogP contribution is -2.58. The van der Waals surface area contributed by atoms with Crippen molar-refractivity contribution >= 4 is 34.4 Å². The van der Waals surface area contributed by atoms with Crippen molar-refractivity contribution in [1.29, 1.82) is 0 Å². The van der Waals surface area contributed by atoms with Gasteiger partial charge in [-0.05, 0) is 93.8 Å². The number of hydrogen-bond acceptors (Lipinski definition) is 4. The van der Waals surface area contributed by atoms with Crippen molar-refractivity contribution in [2.24, 2.45) is 5.92 Å². The van der Waals surface area contributed by atoms with E-state index < -0.39 is 23.8 Å². The standard InChI is InChI=1S/C34H43N3O4/c1-21(2)29(36-33(40)41-34(5,6)7)32(39)37(27-13-10-14-27)30(28-19-22(3)15-16-23(28)4)31(38)35-26-18-17-24-11-8-9-12-25(24)20-26/h8-9,11-12,15-21,27,29-30H,10,13-14H2,1-7H3,(H,35,38)(H,36,40). The minimum absolute atomic E-state index is 0.114. The number of amides is 3. The third kappa shape index (κ3) is 7.26. The van der Waals surface area contributed by atoms with Gasteiger partial charge >= 0.3 is 6.09 Å². The van der Waals surface area contributed by atoms with Gasteiger partial charge in [-0.3, -0.25) is 9.59 Å². The van der Waals surface area contributed by atoms with E-state index in [-0.39, 0.29) is 23.8 Å². The van der Waals surface area contributed by atoms with Crippen LogP contribution < -0.4 is 10.6 Å². The molecule has 1 saturated carbocycles. The summed E-state index contributed by atoms with van der Waals surface area (Å²) in [7, 11) is 0. The number of alkyl carbamates (subject to hydrolysis) is 1. The van der Waals surface area contributed by atoms with Gasteiger partial charge in [-0.1, -0.05) is 67.9 Å². The Hall–Kier alpha value is -3.87. The molecule has 218 valence electrons. The van der Waals surface area contributed by atoms with Crippen LogP contribution in [0.2, 0.25) is 0 Å². The quantitative estimate of drug-likeness (QED) is 0.310. The summed E-state index contributed by atoms with van der Waals surface area (Å²) in [6.45, 7) is 13.1. The first-order valence-corrected chi connectivity index (χ1v) is 14.5. The van der Waals surface area contributed by atoms with E-state index in [1.54, 1.807) is 25.7 Å². The number of carbonyl (C=O) groups is 3. The van der Waals surface area contributed by atoms with Gasteiger partial charge in [0, 0.05) is 11.7 Å². The van der Waals surface area contributed by atoms with Gasteiger partial charge in [-0.15, -0.1) is 0 Å². The maximum absolute atomic E-state index is 14.4. The zero-order valence-electron chi connectivity index (χ0n) is 25.3. The van der Waals surface area contributed by atoms with Gasteiger partial charge in [0.25, 0.3) is 5.91 Å². The Morgan fingerprint density at radius 2 is 1.61 bits per heavy atom. The molecule has 0 saturated heterocycles. The molecule has 0 aliphatic heterocycles. The summed E-state index contributed by atoms with van der Waals surface area (Å²) in [5, 5.41) is 8.02. The van der Waals surface area contributed by atoms with Crippen LogP contribution in [0.3, 0.4) is 0 Å². The molecule has 0 heterocycles. The summed E-state index contributed by atoms with van der Waals surface area (Å²) in [5.74, 6) is -0.787. The monoisotopic (exact) mass is 557 g/mol. The average molecular weight is 558 g/mol. The number of aryl methyl sites for hydroxylation is 2. The Kier molecular flexibility index (Phi) is 9.05. The fraction of sp³-hybridized carbons (Fsp3) is 0.441. The number of anilines is 1. The molecule has 1 aliphatic carbocycles. The number of carbonyl (C=O) groups excluding carboxylic acids is 3. The van der Waals surface area contributed by atoms with E-state index in [0.29, 0.717) is 5.69 Å². The van der Waals surface area contributed by atoms with Gasteiger partial charge in [0.05, 0.1) is 0 Å². The van der Waals surface area contributed by atoms with Gasteiger partial charge in [0.1, 0.15) is 17.7 Å². The van der Waals surface area contributed by atoms with Crippen LogP contribution in [0.25, 0.3) is 10.8 Å². The molecule has 4 rings (SSSR count). The number of nitrogens with zero attached hydrogens (tertiary/aromatic N) is 1. The molecule has 2 atom stereocenters. The van der Waals surface area contributed by atoms with Crippen LogP contribution in [0.1, 0.15) is 76.6 Å². The molecule has 41 heavy (non-hydrogen) atoms. The molecule has 3 aromatic rings. The molecule has 2 N–H and O–H groups in total. The van der Waals surface area contributed by atoms with E-state index in [0.717, 1.165) is 46.7 Å². The summed E-state index contributed by atoms with van der Waals surface area (Å²) in [6, 6.07) is 17.9. The third-order valence-corrected chi connectivity index (χ3v) is 7.60. The Bertz CT molecular complexity index is 1420. The molecule has 0 bridgehead atoms. The molecule has 1 aliphatic rings. The molecular weight excluding hydrogens is 514 g/mol. The lowest BCUT2D eigenvalue weighted by atomic mass is 9.86. The first-order chi connectivity index (χ1) is 19.3. The van der Waals surface area contributed by atoms with Crippen molar-refractivity contribution in [3.8, 4) is 0 Å². The highest BCUT2D eigenvalue weighted by Gasteiger charge is 2.43. The molecule has 3 aromatic carbocycles. The van der Waals surface area contributed by atoms with E-state index in [1.807, 2.05) is 88.4 Å². The van der Waals surface area contributed by atoms with Crippen LogP contribution in [0.5, 0.6) is 0 Å². The summed E-state index contributed by atoms with van der Waals surface area (Å²) >= 11 is 0. The van der Waals surface area contributed by atoms with Crippen molar-refractivity contribution in [3.05, 3.63) is 77.4 Å². The molecule has 0 spiro atoms. The molecule has 3 amide bonds. The molecule has 2 unspecified atom stereocenters. The van der Waals surface area contributed by atoms with Gasteiger partial charge in [0.15, 0.2) is 0 Å². The molecule has 1 fully saturated rings. The fourth-order valence-corrected chi connectivity index (χ4v) is 5.24. The molecular formula is C34H43N3O4. The van der Waals surface area contributed by atoms with Crippen molar-refractivity contribution in [2.75, 3.05) is 5.32 Å². The van der Waals surface area contributed by atoms with E-state index in [1.165, 1.54) is 0 Å². The van der Waals surface area contributed by atoms with Gasteiger partial charge in [0.2, 0.25) is 5.91 Å². The van der Waals surface area contributed by atoms with E-state index in [2.05, 4.69) is 10.6 Å². The number of nitrogens with one attached hydrogen (secondary N) is 2. The number of rotatable bonds is 8. The topological polar surface area (TPSA) is 87.7 Å². The third-order valence-electron chi connectivity index (χ3n) is 7.60. The first kappa shape index (κ1) is 30.1. The number of hydrogen-bond donors (Lipinski definition) is 2. The SMILES string of the molecule is Cc1ccc(C)c(C(C(=O)Nc2ccc3ccccc3c2)N(C(=O)C(NC(=O)OC(C)(C)C)C(C)C)C2CCC2)c1. The number of benzene rings is 3. The minimum Gasteiger partial charge on any atom is -0.444 e. The van der Waals surface area contributed by atoms with Crippen molar-refractivity contribution in [3.63, 3.8) is 0 Å². The van der Waals surface area contributed by atoms with E-state index >= 15 is 0 Å². The van der Waals surface area contributed by atoms with Crippen LogP contribution in [0.15, 0.2) is 60.7 Å². The Labute approximate surface area is 243 Å². The van der Waals surface area contributed by atoms with Crippen LogP contribution in [0, 0.1) is 19.8 Å². The molecule has 0 aromatic heterocycles. The molecule has 7 nitrogen and oxygen atoms in total. The lowest BCUT2D eigenvalue weighted by molar-refractivity contribution is -0.146. The maximum atomic E-state index is 14.4. The summed E-state index contributed by atoms with van der Waals surface area (Å²) in [5.41, 5.74) is 2.67. The average Bonchev–Trinajstić information content (AvgIpc) is 2.86. The predicted octanol–water partition coefficient (Wildman–Crippen LogP) is 7.07. The zero-order valence-corrected chi connectivity index (χ0v) is 25.3. The smallest absolute Gasteiger partial charge is 0.408 e. The van der Waals surface area contributed by atoms with Crippen LogP contribution in [-0.2, 0) is 14.3 Å². The summed E-state index contributed by atoms with van der Waals surface area (Å²) in [4.78, 5) is 43.2. The van der Waals surface area contributed by atoms with Gasteiger partial charge in [-0.25, -0.2) is 4.79 Å². The molecule has 7 heteroatoms. The Morgan fingerprint density at radius 3 is 2.22 bits per heavy atom. The maximum Gasteiger partial charge on any atom is 0.408 e. The second-order valence-electron chi connectivity index (χ2n) is 12.5. The second kappa shape index (κ2) is 12.3. The first-order valence-electron chi connectivity index (χ1n) is 14.5. The highest BCUT2D eigenvalue weighted by Crippen LogP contribution is 2.36. The molecule has 0 radical (unpaired) electrons. The summed E-state index contributed by atoms with van der Waals surface area (Å²) < 4.78 is 5.49. The normalized spacial score (nSPS) is 15.1. The minimum atomic E-state index is -0.874. The van der Waals surface area contributed by atoms with Crippen molar-refractivity contribution in [1.82, 2.24) is 10.2 Å². The van der Waals surface area contributed by atoms with Gasteiger partial charge < -0.3 is 20.3 Å². The largest absolute Gasteiger partial charge is 0.444 e. The highest BCUT2D eigenvalue weighted by atomic mass is 16.6. The van der Waals surface area contributed by atoms with Crippen molar-refractivity contribution < 1.29 is 19.1 Å². The fourth-order valence-electron chi connectivity index (χ4n) is 5.24. The van der Waals surface area contributed by atoms with E-state index in [9.17, 15) is 14.4 Å². The van der Waals surface area contributed by atoms with E-state index in [4.69, 9.17) is 4.74 Å². The lowest BCUT2D eigenvalue weighted by Gasteiger charge is -2.44. The Balaban J connectivity index is 1.75. The van der Waals surface area contributed by atoms with Crippen LogP contribution >= 0.6 is 0 Å². The predicted molar refractivity (Wildman–Crippen MR) is 164 cm³/mol. The van der Waals surface area contributed by atoms with Gasteiger partial charge in [-0.2, -0.15) is 0 Å². The number of fused-ring (bicyclic) bond motifs is 1. The zero-order chi connectivity index (χ0) is 29.9. The second-order valence-corrected chi connectivity index (χ2v) is 12.5. The van der Waals surface area contributed by atoms with Crippen LogP contribution in [0.4, 0.5) is 10.5 Å². The summed E-state index contributed by atoms with van der Waals surface area (Å²) in [6.07, 6.45) is 1.93.